The topological polar surface area (TPSA) is 75.7 Å². The van der Waals surface area contributed by atoms with Crippen molar-refractivity contribution in [2.75, 3.05) is 5.75 Å². The number of alkyl halides is 3. The highest BCUT2D eigenvalue weighted by molar-refractivity contribution is 7.99. The molecule has 1 N–H and O–H groups in total. The molecule has 0 aliphatic carbocycles. The van der Waals surface area contributed by atoms with E-state index in [1.807, 2.05) is 0 Å². The van der Waals surface area contributed by atoms with Crippen LogP contribution in [0.2, 0.25) is 0 Å². The third-order valence-corrected chi connectivity index (χ3v) is 3.71. The average Bonchev–Trinajstić information content (AvgIpc) is 2.88. The Morgan fingerprint density at radius 2 is 2.20 bits per heavy atom. The van der Waals surface area contributed by atoms with E-state index < -0.39 is 17.4 Å². The summed E-state index contributed by atoms with van der Waals surface area (Å²) in [5, 5.41) is 1.61. The highest BCUT2D eigenvalue weighted by Crippen LogP contribution is 2.27. The Morgan fingerprint density at radius 1 is 1.45 bits per heavy atom. The van der Waals surface area contributed by atoms with Crippen molar-refractivity contribution in [3.63, 3.8) is 0 Å². The SMILES string of the molecule is O=C(CSc1nc(C(F)(F)F)cc(=O)[nH]1)c1nccs1. The molecular formula is C10H6F3N3O2S2. The van der Waals surface area contributed by atoms with Gasteiger partial charge in [-0.3, -0.25) is 9.59 Å². The maximum Gasteiger partial charge on any atom is 0.433 e. The van der Waals surface area contributed by atoms with E-state index >= 15 is 0 Å². The Morgan fingerprint density at radius 3 is 2.80 bits per heavy atom. The Labute approximate surface area is 118 Å². The zero-order chi connectivity index (χ0) is 14.8. The maximum atomic E-state index is 12.5. The van der Waals surface area contributed by atoms with Crippen LogP contribution in [0.5, 0.6) is 0 Å². The van der Waals surface area contributed by atoms with Crippen LogP contribution in [0.1, 0.15) is 15.5 Å². The molecule has 106 valence electrons. The molecule has 2 rings (SSSR count). The fraction of sp³-hybridized carbons (Fsp3) is 0.200. The summed E-state index contributed by atoms with van der Waals surface area (Å²) in [6.45, 7) is 0. The molecule has 0 saturated carbocycles. The lowest BCUT2D eigenvalue weighted by atomic mass is 10.4. The van der Waals surface area contributed by atoms with Gasteiger partial charge >= 0.3 is 6.18 Å². The largest absolute Gasteiger partial charge is 0.433 e. The van der Waals surface area contributed by atoms with Crippen LogP contribution in [0, 0.1) is 0 Å². The van der Waals surface area contributed by atoms with Crippen molar-refractivity contribution in [2.24, 2.45) is 0 Å². The van der Waals surface area contributed by atoms with Crippen molar-refractivity contribution < 1.29 is 18.0 Å². The molecular weight excluding hydrogens is 315 g/mol. The number of ketones is 1. The van der Waals surface area contributed by atoms with E-state index in [4.69, 9.17) is 0 Å². The first kappa shape index (κ1) is 14.7. The van der Waals surface area contributed by atoms with Crippen LogP contribution >= 0.6 is 23.1 Å². The lowest BCUT2D eigenvalue weighted by Gasteiger charge is -2.06. The van der Waals surface area contributed by atoms with Crippen LogP contribution in [0.25, 0.3) is 0 Å². The summed E-state index contributed by atoms with van der Waals surface area (Å²) >= 11 is 1.85. The second kappa shape index (κ2) is 5.75. The number of Topliss-reactive ketones (excluding diaryl/α,β-unsaturated/α-hetero) is 1. The van der Waals surface area contributed by atoms with Gasteiger partial charge in [0.1, 0.15) is 0 Å². The third kappa shape index (κ3) is 3.67. The van der Waals surface area contributed by atoms with Crippen molar-refractivity contribution in [2.45, 2.75) is 11.3 Å². The number of rotatable bonds is 4. The number of hydrogen-bond donors (Lipinski definition) is 1. The van der Waals surface area contributed by atoms with E-state index in [1.54, 1.807) is 5.38 Å². The molecule has 0 aliphatic rings. The first-order valence-corrected chi connectivity index (χ1v) is 6.97. The second-order valence-corrected chi connectivity index (χ2v) is 5.34. The Balaban J connectivity index is 2.12. The first-order valence-electron chi connectivity index (χ1n) is 5.10. The highest BCUT2D eigenvalue weighted by Gasteiger charge is 2.33. The van der Waals surface area contributed by atoms with Gasteiger partial charge in [-0.2, -0.15) is 13.2 Å². The zero-order valence-electron chi connectivity index (χ0n) is 9.60. The van der Waals surface area contributed by atoms with Crippen LogP contribution < -0.4 is 5.56 Å². The highest BCUT2D eigenvalue weighted by atomic mass is 32.2. The lowest BCUT2D eigenvalue weighted by molar-refractivity contribution is -0.141. The lowest BCUT2D eigenvalue weighted by Crippen LogP contribution is -2.17. The van der Waals surface area contributed by atoms with Gasteiger partial charge in [0.05, 0.1) is 5.75 Å². The summed E-state index contributed by atoms with van der Waals surface area (Å²) in [5.74, 6) is -0.498. The molecule has 20 heavy (non-hydrogen) atoms. The van der Waals surface area contributed by atoms with Gasteiger partial charge in [0.2, 0.25) is 5.78 Å². The van der Waals surface area contributed by atoms with Crippen LogP contribution in [0.15, 0.2) is 27.6 Å². The standard InChI is InChI=1S/C10H6F3N3O2S2/c11-10(12,13)6-3-7(18)16-9(15-6)20-4-5(17)8-14-1-2-19-8/h1-3H,4H2,(H,15,16,18). The first-order chi connectivity index (χ1) is 9.36. The Bertz CT molecular complexity index is 667. The van der Waals surface area contributed by atoms with Gasteiger partial charge in [-0.1, -0.05) is 11.8 Å². The number of thioether (sulfide) groups is 1. The minimum Gasteiger partial charge on any atom is -0.301 e. The molecule has 0 bridgehead atoms. The molecule has 10 heteroatoms. The fourth-order valence-corrected chi connectivity index (χ4v) is 2.61. The van der Waals surface area contributed by atoms with Crippen molar-refractivity contribution >= 4 is 28.9 Å². The molecule has 2 aromatic heterocycles. The van der Waals surface area contributed by atoms with E-state index in [-0.39, 0.29) is 21.7 Å². The maximum absolute atomic E-state index is 12.5. The van der Waals surface area contributed by atoms with Crippen molar-refractivity contribution in [3.05, 3.63) is 38.7 Å². The third-order valence-electron chi connectivity index (χ3n) is 2.02. The van der Waals surface area contributed by atoms with Crippen LogP contribution in [0.3, 0.4) is 0 Å². The van der Waals surface area contributed by atoms with Gasteiger partial charge in [0.15, 0.2) is 15.9 Å². The predicted molar refractivity (Wildman–Crippen MR) is 67.0 cm³/mol. The molecule has 0 spiro atoms. The van der Waals surface area contributed by atoms with E-state index in [0.29, 0.717) is 6.07 Å². The quantitative estimate of drug-likeness (QED) is 0.531. The van der Waals surface area contributed by atoms with Crippen LogP contribution in [-0.4, -0.2) is 26.5 Å². The number of carbonyl (C=O) groups excluding carboxylic acids is 1. The molecule has 0 unspecified atom stereocenters. The molecule has 0 fully saturated rings. The number of H-pyrrole nitrogens is 1. The number of carbonyl (C=O) groups is 1. The summed E-state index contributed by atoms with van der Waals surface area (Å²) in [6.07, 6.45) is -3.25. The van der Waals surface area contributed by atoms with Gasteiger partial charge in [0, 0.05) is 17.6 Å². The summed E-state index contributed by atoms with van der Waals surface area (Å²) in [4.78, 5) is 32.0. The smallest absolute Gasteiger partial charge is 0.301 e. The van der Waals surface area contributed by atoms with Crippen molar-refractivity contribution in [1.82, 2.24) is 15.0 Å². The van der Waals surface area contributed by atoms with E-state index in [9.17, 15) is 22.8 Å². The Hall–Kier alpha value is -1.68. The van der Waals surface area contributed by atoms with E-state index in [1.165, 1.54) is 6.20 Å². The molecule has 0 aliphatic heterocycles. The summed E-state index contributed by atoms with van der Waals surface area (Å²) < 4.78 is 37.4. The normalized spacial score (nSPS) is 11.6. The van der Waals surface area contributed by atoms with E-state index in [2.05, 4.69) is 15.0 Å². The van der Waals surface area contributed by atoms with Gasteiger partial charge < -0.3 is 4.98 Å². The number of aromatic amines is 1. The minimum atomic E-state index is -4.71. The number of hydrogen-bond acceptors (Lipinski definition) is 6. The number of halogens is 3. The van der Waals surface area contributed by atoms with Crippen LogP contribution in [-0.2, 0) is 6.18 Å². The van der Waals surface area contributed by atoms with Crippen molar-refractivity contribution in [3.8, 4) is 0 Å². The number of nitrogens with zero attached hydrogens (tertiary/aromatic N) is 2. The van der Waals surface area contributed by atoms with Gasteiger partial charge in [-0.25, -0.2) is 9.97 Å². The zero-order valence-corrected chi connectivity index (χ0v) is 11.2. The second-order valence-electron chi connectivity index (χ2n) is 3.48. The fourth-order valence-electron chi connectivity index (χ4n) is 1.21. The monoisotopic (exact) mass is 321 g/mol. The molecule has 5 nitrogen and oxygen atoms in total. The molecule has 0 amide bonds. The summed E-state index contributed by atoms with van der Waals surface area (Å²) in [5.41, 5.74) is -2.21. The number of aromatic nitrogens is 3. The summed E-state index contributed by atoms with van der Waals surface area (Å²) in [6, 6.07) is 0.368. The Kier molecular flexibility index (Phi) is 4.23. The van der Waals surface area contributed by atoms with E-state index in [0.717, 1.165) is 23.1 Å². The average molecular weight is 321 g/mol. The van der Waals surface area contributed by atoms with Gasteiger partial charge in [-0.15, -0.1) is 11.3 Å². The molecule has 0 atom stereocenters. The summed E-state index contributed by atoms with van der Waals surface area (Å²) in [7, 11) is 0. The molecule has 0 saturated heterocycles. The minimum absolute atomic E-state index is 0.155. The predicted octanol–water partition coefficient (Wildman–Crippen LogP) is 2.22. The van der Waals surface area contributed by atoms with Crippen molar-refractivity contribution in [1.29, 1.82) is 0 Å². The van der Waals surface area contributed by atoms with Gasteiger partial charge in [-0.05, 0) is 0 Å². The van der Waals surface area contributed by atoms with Crippen LogP contribution in [0.4, 0.5) is 13.2 Å². The molecule has 0 radical (unpaired) electrons. The van der Waals surface area contributed by atoms with Gasteiger partial charge in [0.25, 0.3) is 5.56 Å². The molecule has 2 aromatic rings. The molecule has 2 heterocycles. The number of nitrogens with one attached hydrogen (secondary N) is 1. The molecule has 0 aromatic carbocycles. The number of thiazole rings is 1.